The maximum absolute atomic E-state index is 2.32. The van der Waals surface area contributed by atoms with E-state index in [-0.39, 0.29) is 0 Å². The molecule has 0 aromatic heterocycles. The van der Waals surface area contributed by atoms with E-state index < -0.39 is 0 Å². The first kappa shape index (κ1) is 14.1. The Morgan fingerprint density at radius 3 is 2.36 bits per heavy atom. The van der Waals surface area contributed by atoms with Crippen LogP contribution in [0.3, 0.4) is 0 Å². The number of unbranched alkanes of at least 4 members (excludes halogenated alkanes) is 1. The van der Waals surface area contributed by atoms with Crippen LogP contribution in [-0.4, -0.2) is 11.5 Å². The molecule has 0 aliphatic carbocycles. The van der Waals surface area contributed by atoms with E-state index >= 15 is 0 Å². The fourth-order valence-corrected chi connectivity index (χ4v) is 2.18. The van der Waals surface area contributed by atoms with Crippen molar-refractivity contribution in [3.63, 3.8) is 0 Å². The third-order valence-electron chi connectivity index (χ3n) is 1.72. The minimum absolute atomic E-state index is 0.485. The third-order valence-corrected chi connectivity index (χ3v) is 3.36. The Morgan fingerprint density at radius 1 is 1.21 bits per heavy atom. The van der Waals surface area contributed by atoms with Crippen molar-refractivity contribution < 1.29 is 0 Å². The Hall–Kier alpha value is 0.0900. The van der Waals surface area contributed by atoms with Crippen LogP contribution in [0.1, 0.15) is 47.5 Å². The molecule has 0 N–H and O–H groups in total. The first-order valence-electron chi connectivity index (χ1n) is 5.66. The summed E-state index contributed by atoms with van der Waals surface area (Å²) in [5, 5.41) is 0. The molecule has 0 atom stereocenters. The number of hydrogen-bond acceptors (Lipinski definition) is 1. The predicted octanol–water partition coefficient (Wildman–Crippen LogP) is 4.76. The molecular formula is C13H26S. The lowest BCUT2D eigenvalue weighted by Crippen LogP contribution is -2.08. The average Bonchev–Trinajstić information content (AvgIpc) is 2.00. The van der Waals surface area contributed by atoms with Gasteiger partial charge in [0.05, 0.1) is 0 Å². The zero-order valence-electron chi connectivity index (χ0n) is 10.5. The molecule has 0 rings (SSSR count). The van der Waals surface area contributed by atoms with Crippen LogP contribution in [-0.2, 0) is 0 Å². The van der Waals surface area contributed by atoms with Crippen molar-refractivity contribution in [1.29, 1.82) is 0 Å². The molecule has 14 heavy (non-hydrogen) atoms. The van der Waals surface area contributed by atoms with Gasteiger partial charge in [-0.15, -0.1) is 0 Å². The highest BCUT2D eigenvalue weighted by Crippen LogP contribution is 2.21. The van der Waals surface area contributed by atoms with Crippen LogP contribution < -0.4 is 0 Å². The fraction of sp³-hybridized carbons (Fsp3) is 0.846. The molecule has 1 heteroatoms. The highest BCUT2D eigenvalue weighted by atomic mass is 32.2. The zero-order valence-corrected chi connectivity index (χ0v) is 11.3. The van der Waals surface area contributed by atoms with Gasteiger partial charge < -0.3 is 0 Å². The molecule has 0 aromatic carbocycles. The molecule has 0 nitrogen and oxygen atoms in total. The average molecular weight is 214 g/mol. The summed E-state index contributed by atoms with van der Waals surface area (Å²) >= 11 is 2.09. The van der Waals surface area contributed by atoms with Gasteiger partial charge in [-0.1, -0.05) is 46.8 Å². The van der Waals surface area contributed by atoms with Crippen LogP contribution in [0.25, 0.3) is 0 Å². The molecule has 0 saturated heterocycles. The summed E-state index contributed by atoms with van der Waals surface area (Å²) in [6.45, 7) is 11.4. The predicted molar refractivity (Wildman–Crippen MR) is 70.0 cm³/mol. The largest absolute Gasteiger partial charge is 0.161 e. The van der Waals surface area contributed by atoms with Crippen molar-refractivity contribution in [3.05, 3.63) is 12.2 Å². The van der Waals surface area contributed by atoms with E-state index in [2.05, 4.69) is 58.5 Å². The topological polar surface area (TPSA) is 0 Å². The van der Waals surface area contributed by atoms with Gasteiger partial charge in [0, 0.05) is 0 Å². The molecule has 0 amide bonds. The molecule has 0 heterocycles. The minimum atomic E-state index is 0.485. The fourth-order valence-electron chi connectivity index (χ4n) is 1.05. The Bertz CT molecular complexity index is 151. The molecule has 0 saturated carbocycles. The van der Waals surface area contributed by atoms with Crippen LogP contribution in [0.15, 0.2) is 12.2 Å². The van der Waals surface area contributed by atoms with E-state index in [1.165, 1.54) is 24.3 Å². The van der Waals surface area contributed by atoms with Gasteiger partial charge >= 0.3 is 0 Å². The summed E-state index contributed by atoms with van der Waals surface area (Å²) in [6, 6.07) is 0. The Morgan fingerprint density at radius 2 is 1.86 bits per heavy atom. The molecule has 0 spiro atoms. The summed E-state index contributed by atoms with van der Waals surface area (Å²) in [5.41, 5.74) is 0.485. The monoisotopic (exact) mass is 214 g/mol. The van der Waals surface area contributed by atoms with Crippen molar-refractivity contribution in [1.82, 2.24) is 0 Å². The normalized spacial score (nSPS) is 13.0. The van der Waals surface area contributed by atoms with Crippen molar-refractivity contribution >= 4 is 11.8 Å². The van der Waals surface area contributed by atoms with Gasteiger partial charge in [0.25, 0.3) is 0 Å². The van der Waals surface area contributed by atoms with E-state index in [4.69, 9.17) is 0 Å². The Kier molecular flexibility index (Phi) is 7.44. The van der Waals surface area contributed by atoms with E-state index in [1.807, 2.05) is 0 Å². The van der Waals surface area contributed by atoms with Crippen molar-refractivity contribution in [2.24, 2.45) is 11.3 Å². The maximum atomic E-state index is 2.32. The molecule has 0 aromatic rings. The summed E-state index contributed by atoms with van der Waals surface area (Å²) in [6.07, 6.45) is 7.19. The standard InChI is InChI=1S/C13H26S/c1-12(2)9-7-6-8-10-14-11-13(3,4)5/h7,9,12H,6,8,10-11H2,1-5H3. The molecule has 0 aliphatic heterocycles. The van der Waals surface area contributed by atoms with Crippen LogP contribution in [0.5, 0.6) is 0 Å². The second kappa shape index (κ2) is 7.39. The third kappa shape index (κ3) is 12.1. The van der Waals surface area contributed by atoms with E-state index in [9.17, 15) is 0 Å². The lowest BCUT2D eigenvalue weighted by Gasteiger charge is -2.16. The van der Waals surface area contributed by atoms with Gasteiger partial charge in [0.15, 0.2) is 0 Å². The summed E-state index contributed by atoms with van der Waals surface area (Å²) in [7, 11) is 0. The van der Waals surface area contributed by atoms with Gasteiger partial charge in [-0.2, -0.15) is 11.8 Å². The van der Waals surface area contributed by atoms with Crippen molar-refractivity contribution in [2.75, 3.05) is 11.5 Å². The van der Waals surface area contributed by atoms with Gasteiger partial charge in [-0.25, -0.2) is 0 Å². The molecule has 84 valence electrons. The van der Waals surface area contributed by atoms with Crippen LogP contribution >= 0.6 is 11.8 Å². The second-order valence-corrected chi connectivity index (χ2v) is 6.53. The van der Waals surface area contributed by atoms with Crippen molar-refractivity contribution in [2.45, 2.75) is 47.5 Å². The maximum Gasteiger partial charge on any atom is -0.00187 e. The lowest BCUT2D eigenvalue weighted by atomic mass is 10.0. The lowest BCUT2D eigenvalue weighted by molar-refractivity contribution is 0.480. The van der Waals surface area contributed by atoms with E-state index in [0.29, 0.717) is 11.3 Å². The van der Waals surface area contributed by atoms with Gasteiger partial charge in [0.1, 0.15) is 0 Å². The highest BCUT2D eigenvalue weighted by Gasteiger charge is 2.08. The molecule has 0 radical (unpaired) electrons. The van der Waals surface area contributed by atoms with Crippen molar-refractivity contribution in [3.8, 4) is 0 Å². The highest BCUT2D eigenvalue weighted by molar-refractivity contribution is 7.99. The smallest absolute Gasteiger partial charge is 0.00187 e. The summed E-state index contributed by atoms with van der Waals surface area (Å²) in [4.78, 5) is 0. The van der Waals surface area contributed by atoms with Crippen LogP contribution in [0.4, 0.5) is 0 Å². The first-order chi connectivity index (χ1) is 6.42. The quantitative estimate of drug-likeness (QED) is 0.454. The molecule has 0 fully saturated rings. The van der Waals surface area contributed by atoms with E-state index in [1.54, 1.807) is 0 Å². The Balaban J connectivity index is 3.23. The van der Waals surface area contributed by atoms with Crippen LogP contribution in [0, 0.1) is 11.3 Å². The molecule has 0 bridgehead atoms. The van der Waals surface area contributed by atoms with Crippen LogP contribution in [0.2, 0.25) is 0 Å². The molecular weight excluding hydrogens is 188 g/mol. The number of allylic oxidation sites excluding steroid dienone is 2. The van der Waals surface area contributed by atoms with Gasteiger partial charge in [-0.3, -0.25) is 0 Å². The number of rotatable bonds is 6. The second-order valence-electron chi connectivity index (χ2n) is 5.43. The zero-order chi connectivity index (χ0) is 11.0. The minimum Gasteiger partial charge on any atom is -0.161 e. The summed E-state index contributed by atoms with van der Waals surface area (Å²) in [5.74, 6) is 3.29. The van der Waals surface area contributed by atoms with E-state index in [0.717, 1.165) is 0 Å². The molecule has 0 unspecified atom stereocenters. The first-order valence-corrected chi connectivity index (χ1v) is 6.82. The number of thioether (sulfide) groups is 1. The summed E-state index contributed by atoms with van der Waals surface area (Å²) < 4.78 is 0. The molecule has 0 aliphatic rings. The number of hydrogen-bond donors (Lipinski definition) is 0. The van der Waals surface area contributed by atoms with Gasteiger partial charge in [-0.05, 0) is 35.7 Å². The SMILES string of the molecule is CC(C)C=CCCCSCC(C)(C)C. The van der Waals surface area contributed by atoms with Gasteiger partial charge in [0.2, 0.25) is 0 Å². The Labute approximate surface area is 94.6 Å².